The first-order valence-corrected chi connectivity index (χ1v) is 5.80. The van der Waals surface area contributed by atoms with E-state index in [1.54, 1.807) is 39.2 Å². The van der Waals surface area contributed by atoms with Crippen LogP contribution in [0.15, 0.2) is 28.8 Å². The van der Waals surface area contributed by atoms with Gasteiger partial charge in [-0.25, -0.2) is 0 Å². The summed E-state index contributed by atoms with van der Waals surface area (Å²) >= 11 is 0. The van der Waals surface area contributed by atoms with Crippen molar-refractivity contribution in [3.8, 4) is 5.75 Å². The maximum atomic E-state index is 12.0. The third-order valence-electron chi connectivity index (χ3n) is 2.45. The maximum absolute atomic E-state index is 12.0. The molecule has 0 N–H and O–H groups in total. The second-order valence-electron chi connectivity index (χ2n) is 4.21. The molecule has 1 heterocycles. The van der Waals surface area contributed by atoms with Crippen LogP contribution in [0.25, 0.3) is 0 Å². The molecule has 0 radical (unpaired) electrons. The number of aromatic nitrogens is 2. The Balaban J connectivity index is 2.14. The quantitative estimate of drug-likeness (QED) is 0.837. The molecule has 0 aliphatic heterocycles. The number of hydrogen-bond donors (Lipinski definition) is 0. The first-order chi connectivity index (χ1) is 9.08. The fraction of sp³-hybridized carbons (Fsp3) is 0.308. The summed E-state index contributed by atoms with van der Waals surface area (Å²) in [4.78, 5) is 17.5. The number of benzene rings is 1. The van der Waals surface area contributed by atoms with Gasteiger partial charge in [-0.2, -0.15) is 4.98 Å². The average Bonchev–Trinajstić information content (AvgIpc) is 2.81. The Kier molecular flexibility index (Phi) is 3.79. The molecule has 6 heteroatoms. The van der Waals surface area contributed by atoms with Gasteiger partial charge < -0.3 is 14.2 Å². The molecule has 0 aliphatic rings. The van der Waals surface area contributed by atoms with Crippen molar-refractivity contribution in [3.63, 3.8) is 0 Å². The van der Waals surface area contributed by atoms with Crippen LogP contribution in [0.5, 0.6) is 5.75 Å². The van der Waals surface area contributed by atoms with Gasteiger partial charge in [0.05, 0.1) is 5.56 Å². The summed E-state index contributed by atoms with van der Waals surface area (Å²) in [5, 5.41) is 3.73. The molecule has 0 unspecified atom stereocenters. The molecule has 100 valence electrons. The van der Waals surface area contributed by atoms with Gasteiger partial charge in [0, 0.05) is 21.0 Å². The minimum atomic E-state index is -0.111. The predicted octanol–water partition coefficient (Wildman–Crippen LogP) is 1.66. The molecule has 1 aromatic carbocycles. The van der Waals surface area contributed by atoms with E-state index in [2.05, 4.69) is 10.1 Å². The summed E-state index contributed by atoms with van der Waals surface area (Å²) in [5.41, 5.74) is 0.507. The monoisotopic (exact) mass is 261 g/mol. The first-order valence-electron chi connectivity index (χ1n) is 5.80. The molecule has 0 saturated heterocycles. The van der Waals surface area contributed by atoms with Crippen LogP contribution in [0.2, 0.25) is 0 Å². The van der Waals surface area contributed by atoms with Crippen LogP contribution in [0.4, 0.5) is 0 Å². The number of carbonyl (C=O) groups excluding carboxylic acids is 1. The number of para-hydroxylation sites is 1. The summed E-state index contributed by atoms with van der Waals surface area (Å²) in [6.07, 6.45) is 0. The fourth-order valence-electron chi connectivity index (χ4n) is 1.55. The van der Waals surface area contributed by atoms with E-state index < -0.39 is 0 Å². The van der Waals surface area contributed by atoms with Crippen LogP contribution >= 0.6 is 0 Å². The van der Waals surface area contributed by atoms with Crippen molar-refractivity contribution in [3.05, 3.63) is 41.5 Å². The second-order valence-corrected chi connectivity index (χ2v) is 4.21. The van der Waals surface area contributed by atoms with Crippen LogP contribution < -0.4 is 4.74 Å². The lowest BCUT2D eigenvalue weighted by atomic mass is 10.2. The molecular weight excluding hydrogens is 246 g/mol. The zero-order valence-corrected chi connectivity index (χ0v) is 11.1. The Hall–Kier alpha value is -2.37. The van der Waals surface area contributed by atoms with Gasteiger partial charge in [0.2, 0.25) is 11.7 Å². The zero-order valence-electron chi connectivity index (χ0n) is 11.1. The molecule has 1 aromatic heterocycles. The van der Waals surface area contributed by atoms with E-state index in [4.69, 9.17) is 9.26 Å². The Morgan fingerprint density at radius 1 is 1.37 bits per heavy atom. The SMILES string of the molecule is Cc1nc(COc2ccccc2C(=O)N(C)C)no1. The number of nitrogens with zero attached hydrogens (tertiary/aromatic N) is 3. The Labute approximate surface area is 111 Å². The van der Waals surface area contributed by atoms with Gasteiger partial charge in [0.25, 0.3) is 5.91 Å². The van der Waals surface area contributed by atoms with Gasteiger partial charge in [-0.3, -0.25) is 4.79 Å². The molecular formula is C13H15N3O3. The summed E-state index contributed by atoms with van der Waals surface area (Å²) < 4.78 is 10.4. The maximum Gasteiger partial charge on any atom is 0.257 e. The van der Waals surface area contributed by atoms with E-state index in [0.717, 1.165) is 0 Å². The molecule has 1 amide bonds. The van der Waals surface area contributed by atoms with Gasteiger partial charge in [0.15, 0.2) is 6.61 Å². The molecule has 2 aromatic rings. The number of aryl methyl sites for hydroxylation is 1. The van der Waals surface area contributed by atoms with Gasteiger partial charge >= 0.3 is 0 Å². The Morgan fingerprint density at radius 2 is 2.11 bits per heavy atom. The second kappa shape index (κ2) is 5.51. The highest BCUT2D eigenvalue weighted by atomic mass is 16.5. The fourth-order valence-corrected chi connectivity index (χ4v) is 1.55. The van der Waals surface area contributed by atoms with E-state index >= 15 is 0 Å². The minimum Gasteiger partial charge on any atom is -0.485 e. The Morgan fingerprint density at radius 3 is 2.74 bits per heavy atom. The number of ether oxygens (including phenoxy) is 1. The molecule has 0 bridgehead atoms. The Bertz CT molecular complexity index is 578. The predicted molar refractivity (Wildman–Crippen MR) is 67.8 cm³/mol. The van der Waals surface area contributed by atoms with Crippen molar-refractivity contribution >= 4 is 5.91 Å². The van der Waals surface area contributed by atoms with Crippen molar-refractivity contribution in [2.45, 2.75) is 13.5 Å². The molecule has 6 nitrogen and oxygen atoms in total. The number of carbonyl (C=O) groups is 1. The first kappa shape index (κ1) is 13.1. The molecule has 2 rings (SSSR count). The largest absolute Gasteiger partial charge is 0.485 e. The lowest BCUT2D eigenvalue weighted by molar-refractivity contribution is 0.0822. The van der Waals surface area contributed by atoms with Crippen molar-refractivity contribution in [2.24, 2.45) is 0 Å². The molecule has 0 fully saturated rings. The van der Waals surface area contributed by atoms with Gasteiger partial charge in [0.1, 0.15) is 5.75 Å². The highest BCUT2D eigenvalue weighted by molar-refractivity contribution is 5.96. The molecule has 0 aliphatic carbocycles. The average molecular weight is 261 g/mol. The van der Waals surface area contributed by atoms with Gasteiger partial charge in [-0.05, 0) is 12.1 Å². The molecule has 0 saturated carbocycles. The van der Waals surface area contributed by atoms with Crippen LogP contribution in [0.1, 0.15) is 22.1 Å². The standard InChI is InChI=1S/C13H15N3O3/c1-9-14-12(15-19-9)8-18-11-7-5-4-6-10(11)13(17)16(2)3/h4-7H,8H2,1-3H3. The van der Waals surface area contributed by atoms with Crippen LogP contribution in [0, 0.1) is 6.92 Å². The lowest BCUT2D eigenvalue weighted by Crippen LogP contribution is -2.22. The third kappa shape index (κ3) is 3.09. The molecule has 0 spiro atoms. The van der Waals surface area contributed by atoms with Crippen molar-refractivity contribution in [2.75, 3.05) is 14.1 Å². The zero-order chi connectivity index (χ0) is 13.8. The number of hydrogen-bond acceptors (Lipinski definition) is 5. The van der Waals surface area contributed by atoms with E-state index in [9.17, 15) is 4.79 Å². The number of rotatable bonds is 4. The van der Waals surface area contributed by atoms with Gasteiger partial charge in [-0.1, -0.05) is 17.3 Å². The van der Waals surface area contributed by atoms with Crippen molar-refractivity contribution in [1.29, 1.82) is 0 Å². The van der Waals surface area contributed by atoms with Crippen LogP contribution in [0.3, 0.4) is 0 Å². The van der Waals surface area contributed by atoms with Crippen LogP contribution in [-0.4, -0.2) is 35.0 Å². The highest BCUT2D eigenvalue weighted by Gasteiger charge is 2.14. The minimum absolute atomic E-state index is 0.111. The van der Waals surface area contributed by atoms with E-state index in [1.807, 2.05) is 6.07 Å². The topological polar surface area (TPSA) is 68.5 Å². The summed E-state index contributed by atoms with van der Waals surface area (Å²) in [7, 11) is 3.39. The van der Waals surface area contributed by atoms with Crippen LogP contribution in [-0.2, 0) is 6.61 Å². The van der Waals surface area contributed by atoms with E-state index in [1.165, 1.54) is 4.90 Å². The van der Waals surface area contributed by atoms with E-state index in [-0.39, 0.29) is 12.5 Å². The summed E-state index contributed by atoms with van der Waals surface area (Å²) in [6, 6.07) is 7.06. The van der Waals surface area contributed by atoms with E-state index in [0.29, 0.717) is 23.0 Å². The third-order valence-corrected chi connectivity index (χ3v) is 2.45. The highest BCUT2D eigenvalue weighted by Crippen LogP contribution is 2.20. The molecule has 19 heavy (non-hydrogen) atoms. The van der Waals surface area contributed by atoms with Crippen molar-refractivity contribution < 1.29 is 14.1 Å². The molecule has 0 atom stereocenters. The summed E-state index contributed by atoms with van der Waals surface area (Å²) in [5.74, 6) is 1.32. The lowest BCUT2D eigenvalue weighted by Gasteiger charge is -2.13. The summed E-state index contributed by atoms with van der Waals surface area (Å²) in [6.45, 7) is 1.87. The van der Waals surface area contributed by atoms with Gasteiger partial charge in [-0.15, -0.1) is 0 Å². The number of amides is 1. The normalized spacial score (nSPS) is 10.3. The smallest absolute Gasteiger partial charge is 0.257 e. The van der Waals surface area contributed by atoms with Crippen molar-refractivity contribution in [1.82, 2.24) is 15.0 Å².